The molecule has 3 aromatic rings. The van der Waals surface area contributed by atoms with Crippen LogP contribution in [0.5, 0.6) is 0 Å². The van der Waals surface area contributed by atoms with Gasteiger partial charge >= 0.3 is 0 Å². The Morgan fingerprint density at radius 3 is 3.00 bits per heavy atom. The number of aromatic nitrogens is 4. The highest BCUT2D eigenvalue weighted by Gasteiger charge is 2.12. The van der Waals surface area contributed by atoms with E-state index >= 15 is 0 Å². The minimum Gasteiger partial charge on any atom is -0.416 e. The Morgan fingerprint density at radius 1 is 1.35 bits per heavy atom. The molecule has 3 aromatic heterocycles. The van der Waals surface area contributed by atoms with Gasteiger partial charge in [-0.2, -0.15) is 0 Å². The van der Waals surface area contributed by atoms with Crippen LogP contribution in [-0.2, 0) is 0 Å². The van der Waals surface area contributed by atoms with Crippen molar-refractivity contribution in [2.45, 2.75) is 17.2 Å². The lowest BCUT2D eigenvalue weighted by Crippen LogP contribution is -1.86. The first-order valence-electron chi connectivity index (χ1n) is 4.61. The van der Waals surface area contributed by atoms with E-state index < -0.39 is 0 Å². The minimum absolute atomic E-state index is 0.221. The highest BCUT2D eigenvalue weighted by Crippen LogP contribution is 2.33. The molecule has 3 rings (SSSR count). The Bertz CT molecular complexity index is 680. The minimum atomic E-state index is 0.221. The first-order chi connectivity index (χ1) is 8.22. The van der Waals surface area contributed by atoms with E-state index in [2.05, 4.69) is 20.2 Å². The predicted octanol–water partition coefficient (Wildman–Crippen LogP) is 3.19. The Hall–Kier alpha value is -1.18. The summed E-state index contributed by atoms with van der Waals surface area (Å²) in [5.74, 6) is 0.522. The van der Waals surface area contributed by atoms with E-state index in [-0.39, 0.29) is 5.28 Å². The first-order valence-corrected chi connectivity index (χ1v) is 6.68. The third kappa shape index (κ3) is 2.13. The average Bonchev–Trinajstić information content (AvgIpc) is 2.87. The van der Waals surface area contributed by atoms with E-state index in [0.29, 0.717) is 11.1 Å². The number of aryl methyl sites for hydroxylation is 1. The molecular weight excluding hydrogens is 280 g/mol. The topological polar surface area (TPSA) is 64.7 Å². The standard InChI is InChI=1S/C9H5ClN4OS2/c1-4-13-14-9(15-4)17-7-5-2-3-16-6(5)11-8(10)12-7/h2-3H,1H3. The number of halogens is 1. The van der Waals surface area contributed by atoms with Crippen molar-refractivity contribution in [1.29, 1.82) is 0 Å². The smallest absolute Gasteiger partial charge is 0.282 e. The summed E-state index contributed by atoms with van der Waals surface area (Å²) in [6.07, 6.45) is 0. The van der Waals surface area contributed by atoms with Crippen LogP contribution in [0.15, 0.2) is 26.1 Å². The summed E-state index contributed by atoms with van der Waals surface area (Å²) in [5.41, 5.74) is 0. The van der Waals surface area contributed by atoms with Crippen molar-refractivity contribution in [3.05, 3.63) is 22.6 Å². The van der Waals surface area contributed by atoms with Crippen LogP contribution < -0.4 is 0 Å². The van der Waals surface area contributed by atoms with Gasteiger partial charge in [0.15, 0.2) is 0 Å². The molecule has 0 radical (unpaired) electrons. The average molecular weight is 285 g/mol. The first kappa shape index (κ1) is 10.9. The van der Waals surface area contributed by atoms with Gasteiger partial charge in [-0.1, -0.05) is 0 Å². The summed E-state index contributed by atoms with van der Waals surface area (Å²) in [5, 5.41) is 12.0. The quantitative estimate of drug-likeness (QED) is 0.532. The molecule has 5 nitrogen and oxygen atoms in total. The van der Waals surface area contributed by atoms with Crippen molar-refractivity contribution in [2.75, 3.05) is 0 Å². The summed E-state index contributed by atoms with van der Waals surface area (Å²) in [7, 11) is 0. The van der Waals surface area contributed by atoms with E-state index in [9.17, 15) is 0 Å². The number of fused-ring (bicyclic) bond motifs is 1. The Morgan fingerprint density at radius 2 is 2.24 bits per heavy atom. The second-order valence-electron chi connectivity index (χ2n) is 3.13. The Balaban J connectivity index is 2.07. The van der Waals surface area contributed by atoms with Gasteiger partial charge in [0.25, 0.3) is 5.22 Å². The van der Waals surface area contributed by atoms with Crippen molar-refractivity contribution >= 4 is 44.9 Å². The number of thiophene rings is 1. The molecule has 0 aromatic carbocycles. The van der Waals surface area contributed by atoms with E-state index in [1.54, 1.807) is 6.92 Å². The van der Waals surface area contributed by atoms with Gasteiger partial charge in [0.2, 0.25) is 11.2 Å². The van der Waals surface area contributed by atoms with Crippen LogP contribution in [0.3, 0.4) is 0 Å². The predicted molar refractivity (Wildman–Crippen MR) is 65.6 cm³/mol. The van der Waals surface area contributed by atoms with Crippen LogP contribution in [0, 0.1) is 6.92 Å². The van der Waals surface area contributed by atoms with Crippen molar-refractivity contribution in [3.8, 4) is 0 Å². The molecule has 0 bridgehead atoms. The van der Waals surface area contributed by atoms with Crippen LogP contribution in [0.4, 0.5) is 0 Å². The molecule has 0 unspecified atom stereocenters. The van der Waals surface area contributed by atoms with Gasteiger partial charge in [-0.3, -0.25) is 0 Å². The zero-order valence-electron chi connectivity index (χ0n) is 8.55. The molecular formula is C9H5ClN4OS2. The van der Waals surface area contributed by atoms with Gasteiger partial charge in [0.1, 0.15) is 9.86 Å². The maximum Gasteiger partial charge on any atom is 0.282 e. The van der Waals surface area contributed by atoms with Crippen molar-refractivity contribution in [2.24, 2.45) is 0 Å². The molecule has 3 heterocycles. The number of rotatable bonds is 2. The van der Waals surface area contributed by atoms with E-state index in [0.717, 1.165) is 15.2 Å². The number of hydrogen-bond donors (Lipinski definition) is 0. The van der Waals surface area contributed by atoms with Crippen LogP contribution >= 0.6 is 34.7 Å². The number of nitrogens with zero attached hydrogens (tertiary/aromatic N) is 4. The lowest BCUT2D eigenvalue weighted by atomic mass is 10.4. The molecule has 0 N–H and O–H groups in total. The molecule has 0 fully saturated rings. The zero-order chi connectivity index (χ0) is 11.8. The van der Waals surface area contributed by atoms with Gasteiger partial charge in [0.05, 0.1) is 0 Å². The van der Waals surface area contributed by atoms with Crippen molar-refractivity contribution < 1.29 is 4.42 Å². The van der Waals surface area contributed by atoms with Crippen LogP contribution in [0.1, 0.15) is 5.89 Å². The van der Waals surface area contributed by atoms with Crippen LogP contribution in [0.25, 0.3) is 10.2 Å². The fourth-order valence-electron chi connectivity index (χ4n) is 1.28. The maximum absolute atomic E-state index is 5.86. The van der Waals surface area contributed by atoms with Crippen molar-refractivity contribution in [1.82, 2.24) is 20.2 Å². The van der Waals surface area contributed by atoms with Gasteiger partial charge < -0.3 is 4.42 Å². The monoisotopic (exact) mass is 284 g/mol. The fourth-order valence-corrected chi connectivity index (χ4v) is 3.20. The van der Waals surface area contributed by atoms with E-state index in [1.807, 2.05) is 11.4 Å². The number of hydrogen-bond acceptors (Lipinski definition) is 7. The van der Waals surface area contributed by atoms with Crippen LogP contribution in [0.2, 0.25) is 5.28 Å². The van der Waals surface area contributed by atoms with Gasteiger partial charge in [-0.25, -0.2) is 9.97 Å². The molecule has 8 heteroatoms. The summed E-state index contributed by atoms with van der Waals surface area (Å²) >= 11 is 8.66. The van der Waals surface area contributed by atoms with Gasteiger partial charge in [-0.05, 0) is 34.8 Å². The van der Waals surface area contributed by atoms with Gasteiger partial charge in [0, 0.05) is 12.3 Å². The highest BCUT2D eigenvalue weighted by atomic mass is 35.5. The summed E-state index contributed by atoms with van der Waals surface area (Å²) in [4.78, 5) is 9.16. The normalized spacial score (nSPS) is 11.2. The van der Waals surface area contributed by atoms with E-state index in [4.69, 9.17) is 16.0 Å². The third-order valence-corrected chi connectivity index (χ3v) is 3.77. The van der Waals surface area contributed by atoms with Crippen LogP contribution in [-0.4, -0.2) is 20.2 Å². The molecule has 0 amide bonds. The second kappa shape index (κ2) is 4.25. The Kier molecular flexibility index (Phi) is 2.73. The largest absolute Gasteiger partial charge is 0.416 e. The summed E-state index contributed by atoms with van der Waals surface area (Å²) in [6.45, 7) is 1.74. The molecule has 0 saturated heterocycles. The molecule has 0 saturated carbocycles. The maximum atomic E-state index is 5.86. The summed E-state index contributed by atoms with van der Waals surface area (Å²) < 4.78 is 5.29. The molecule has 17 heavy (non-hydrogen) atoms. The van der Waals surface area contributed by atoms with Crippen molar-refractivity contribution in [3.63, 3.8) is 0 Å². The fraction of sp³-hybridized carbons (Fsp3) is 0.111. The highest BCUT2D eigenvalue weighted by molar-refractivity contribution is 7.99. The molecule has 0 spiro atoms. The molecule has 0 atom stereocenters. The molecule has 0 aliphatic rings. The SMILES string of the molecule is Cc1nnc(Sc2nc(Cl)nc3sccc23)o1. The Labute approximate surface area is 109 Å². The lowest BCUT2D eigenvalue weighted by molar-refractivity contribution is 0.429. The second-order valence-corrected chi connectivity index (χ2v) is 5.30. The molecule has 0 aliphatic carbocycles. The summed E-state index contributed by atoms with van der Waals surface area (Å²) in [6, 6.07) is 1.95. The zero-order valence-corrected chi connectivity index (χ0v) is 10.9. The molecule has 0 aliphatic heterocycles. The molecule has 86 valence electrons. The van der Waals surface area contributed by atoms with Gasteiger partial charge in [-0.15, -0.1) is 21.5 Å². The van der Waals surface area contributed by atoms with E-state index in [1.165, 1.54) is 23.1 Å². The third-order valence-electron chi connectivity index (χ3n) is 1.95. The lowest BCUT2D eigenvalue weighted by Gasteiger charge is -1.98.